The number of nitrogens with zero attached hydrogens (tertiary/aromatic N) is 9. The Labute approximate surface area is 231 Å². The maximum Gasteiger partial charge on any atom is 0.222 e. The minimum absolute atomic E-state index is 0.0771. The Balaban J connectivity index is 1.29. The fraction of sp³-hybridized carbons (Fsp3) is 0.393. The number of pyridine rings is 1. The number of aromatic nitrogens is 8. The molecular formula is C28H32N10O2. The molecule has 12 heteroatoms. The number of ether oxygens (including phenoxy) is 2. The molecule has 1 saturated heterocycles. The highest BCUT2D eigenvalue weighted by Gasteiger charge is 2.22. The van der Waals surface area contributed by atoms with E-state index in [2.05, 4.69) is 55.7 Å². The van der Waals surface area contributed by atoms with E-state index in [1.807, 2.05) is 25.4 Å². The first-order chi connectivity index (χ1) is 19.5. The Kier molecular flexibility index (Phi) is 6.20. The molecular weight excluding hydrogens is 508 g/mol. The van der Waals surface area contributed by atoms with E-state index in [0.29, 0.717) is 29.9 Å². The number of hydrogen-bond acceptors (Lipinski definition) is 9. The first-order valence-corrected chi connectivity index (χ1v) is 13.6. The molecule has 5 aromatic rings. The molecule has 0 unspecified atom stereocenters. The van der Waals surface area contributed by atoms with Crippen molar-refractivity contribution in [3.05, 3.63) is 48.5 Å². The van der Waals surface area contributed by atoms with Crippen LogP contribution in [-0.2, 0) is 25.4 Å². The van der Waals surface area contributed by atoms with Gasteiger partial charge in [-0.15, -0.1) is 0 Å². The molecule has 4 bridgehead atoms. The molecule has 40 heavy (non-hydrogen) atoms. The van der Waals surface area contributed by atoms with Crippen LogP contribution in [0.25, 0.3) is 33.7 Å². The van der Waals surface area contributed by atoms with Crippen LogP contribution >= 0.6 is 0 Å². The molecule has 0 radical (unpaired) electrons. The lowest BCUT2D eigenvalue weighted by Gasteiger charge is -2.26. The molecule has 7 heterocycles. The normalized spacial score (nSPS) is 17.8. The summed E-state index contributed by atoms with van der Waals surface area (Å²) in [7, 11) is 3.98. The highest BCUT2D eigenvalue weighted by Crippen LogP contribution is 2.34. The quantitative estimate of drug-likeness (QED) is 0.367. The van der Waals surface area contributed by atoms with E-state index in [-0.39, 0.29) is 6.04 Å². The van der Waals surface area contributed by atoms with Gasteiger partial charge in [-0.25, -0.2) is 19.6 Å². The third-order valence-electron chi connectivity index (χ3n) is 7.78. The second-order valence-electron chi connectivity index (χ2n) is 10.4. The number of hydrogen-bond donors (Lipinski definition) is 1. The average Bonchev–Trinajstić information content (AvgIpc) is 3.64. The van der Waals surface area contributed by atoms with Gasteiger partial charge in [0.1, 0.15) is 22.9 Å². The molecule has 2 aliphatic heterocycles. The van der Waals surface area contributed by atoms with Gasteiger partial charge in [0.05, 0.1) is 43.3 Å². The largest absolute Gasteiger partial charge is 0.477 e. The van der Waals surface area contributed by atoms with Gasteiger partial charge in [0, 0.05) is 69.7 Å². The van der Waals surface area contributed by atoms with Gasteiger partial charge in [0.15, 0.2) is 5.82 Å². The number of morpholine rings is 1. The summed E-state index contributed by atoms with van der Waals surface area (Å²) in [5.41, 5.74) is 4.98. The summed E-state index contributed by atoms with van der Waals surface area (Å²) >= 11 is 0. The molecule has 206 valence electrons. The Morgan fingerprint density at radius 2 is 1.90 bits per heavy atom. The van der Waals surface area contributed by atoms with Gasteiger partial charge >= 0.3 is 0 Å². The highest BCUT2D eigenvalue weighted by atomic mass is 16.5. The second-order valence-corrected chi connectivity index (χ2v) is 10.4. The van der Waals surface area contributed by atoms with Gasteiger partial charge in [-0.1, -0.05) is 0 Å². The van der Waals surface area contributed by atoms with Crippen molar-refractivity contribution in [3.8, 4) is 28.7 Å². The van der Waals surface area contributed by atoms with Crippen LogP contribution in [0.2, 0.25) is 0 Å². The lowest BCUT2D eigenvalue weighted by molar-refractivity contribution is 0.0333. The van der Waals surface area contributed by atoms with Gasteiger partial charge < -0.3 is 19.4 Å². The minimum atomic E-state index is 0.0771. The minimum Gasteiger partial charge on any atom is -0.477 e. The van der Waals surface area contributed by atoms with E-state index in [0.717, 1.165) is 67.1 Å². The topological polar surface area (TPSA) is 113 Å². The van der Waals surface area contributed by atoms with E-state index in [4.69, 9.17) is 24.5 Å². The third-order valence-corrected chi connectivity index (χ3v) is 7.78. The molecule has 12 nitrogen and oxygen atoms in total. The molecule has 7 rings (SSSR count). The lowest BCUT2D eigenvalue weighted by atomic mass is 10.2. The smallest absolute Gasteiger partial charge is 0.222 e. The molecule has 0 aliphatic carbocycles. The molecule has 0 aromatic carbocycles. The molecule has 0 saturated carbocycles. The fourth-order valence-corrected chi connectivity index (χ4v) is 5.45. The van der Waals surface area contributed by atoms with Crippen molar-refractivity contribution in [1.82, 2.24) is 44.0 Å². The van der Waals surface area contributed by atoms with Gasteiger partial charge in [-0.2, -0.15) is 10.2 Å². The zero-order valence-electron chi connectivity index (χ0n) is 22.9. The van der Waals surface area contributed by atoms with E-state index >= 15 is 0 Å². The van der Waals surface area contributed by atoms with Gasteiger partial charge in [0.25, 0.3) is 0 Å². The van der Waals surface area contributed by atoms with E-state index < -0.39 is 0 Å². The predicted molar refractivity (Wildman–Crippen MR) is 150 cm³/mol. The predicted octanol–water partition coefficient (Wildman–Crippen LogP) is 3.55. The zero-order valence-corrected chi connectivity index (χ0v) is 22.9. The van der Waals surface area contributed by atoms with Crippen molar-refractivity contribution >= 4 is 22.5 Å². The third kappa shape index (κ3) is 4.38. The van der Waals surface area contributed by atoms with Crippen molar-refractivity contribution < 1.29 is 9.47 Å². The van der Waals surface area contributed by atoms with Crippen LogP contribution in [0.5, 0.6) is 5.88 Å². The summed E-state index contributed by atoms with van der Waals surface area (Å²) < 4.78 is 17.8. The summed E-state index contributed by atoms with van der Waals surface area (Å²) in [6.45, 7) is 7.02. The Hall–Kier alpha value is -4.29. The van der Waals surface area contributed by atoms with Gasteiger partial charge in [-0.3, -0.25) is 9.58 Å². The monoisotopic (exact) mass is 540 g/mol. The Bertz CT molecular complexity index is 1680. The Morgan fingerprint density at radius 1 is 1.02 bits per heavy atom. The number of rotatable bonds is 3. The molecule has 5 aromatic heterocycles. The summed E-state index contributed by atoms with van der Waals surface area (Å²) in [4.78, 5) is 16.4. The molecule has 1 N–H and O–H groups in total. The molecule has 0 amide bonds. The standard InChI is InChI=1S/C28H32N10O2/c1-18-7-11-40-28-21(16-31-36(28)3)27-29-8-6-24(33-27)32-25-14-23-20(15-30-25)26(34-38(18)23)22-5-4-19(35(22)2)17-37-9-12-39-13-10-37/h4-6,8,14-16,18H,7,9-13,17H2,1-3H3,(H,29,30,32,33)/t18-/m0/s1. The van der Waals surface area contributed by atoms with Crippen LogP contribution in [0.4, 0.5) is 11.6 Å². The second kappa shape index (κ2) is 10.0. The average molecular weight is 541 g/mol. The fourth-order valence-electron chi connectivity index (χ4n) is 5.45. The summed E-state index contributed by atoms with van der Waals surface area (Å²) in [6, 6.07) is 8.31. The number of nitrogens with one attached hydrogen (secondary N) is 1. The highest BCUT2D eigenvalue weighted by molar-refractivity contribution is 5.93. The van der Waals surface area contributed by atoms with Crippen LogP contribution in [-0.4, -0.2) is 76.9 Å². The number of anilines is 2. The molecule has 0 spiro atoms. The molecule has 2 aliphatic rings. The first-order valence-electron chi connectivity index (χ1n) is 13.6. The van der Waals surface area contributed by atoms with E-state index in [9.17, 15) is 0 Å². The maximum absolute atomic E-state index is 6.24. The molecule has 1 fully saturated rings. The van der Waals surface area contributed by atoms with Crippen molar-refractivity contribution in [2.24, 2.45) is 14.1 Å². The zero-order chi connectivity index (χ0) is 27.2. The van der Waals surface area contributed by atoms with Gasteiger partial charge in [-0.05, 0) is 25.1 Å². The SMILES string of the molecule is C[C@H]1CCOc2c(cnn2C)-c2nccc(n2)Nc2cc3c(cn2)c(-c2ccc(CN4CCOCC4)n2C)nn31. The first kappa shape index (κ1) is 24.7. The van der Waals surface area contributed by atoms with Gasteiger partial charge in [0.2, 0.25) is 5.88 Å². The van der Waals surface area contributed by atoms with Crippen molar-refractivity contribution in [3.63, 3.8) is 0 Å². The maximum atomic E-state index is 6.24. The number of fused-ring (bicyclic) bond motifs is 5. The van der Waals surface area contributed by atoms with E-state index in [1.165, 1.54) is 5.69 Å². The van der Waals surface area contributed by atoms with Crippen LogP contribution in [0.15, 0.2) is 42.9 Å². The van der Waals surface area contributed by atoms with Crippen molar-refractivity contribution in [2.75, 3.05) is 38.2 Å². The number of aryl methyl sites for hydroxylation is 1. The lowest BCUT2D eigenvalue weighted by Crippen LogP contribution is -2.36. The summed E-state index contributed by atoms with van der Waals surface area (Å²) in [5, 5.41) is 13.9. The van der Waals surface area contributed by atoms with Crippen LogP contribution < -0.4 is 10.1 Å². The van der Waals surface area contributed by atoms with E-state index in [1.54, 1.807) is 17.1 Å². The summed E-state index contributed by atoms with van der Waals surface area (Å²) in [6.07, 6.45) is 6.11. The van der Waals surface area contributed by atoms with Crippen molar-refractivity contribution in [1.29, 1.82) is 0 Å². The van der Waals surface area contributed by atoms with Crippen LogP contribution in [0, 0.1) is 0 Å². The van der Waals surface area contributed by atoms with Crippen LogP contribution in [0.3, 0.4) is 0 Å². The summed E-state index contributed by atoms with van der Waals surface area (Å²) in [5.74, 6) is 2.51. The van der Waals surface area contributed by atoms with Crippen LogP contribution in [0.1, 0.15) is 25.1 Å². The Morgan fingerprint density at radius 3 is 2.77 bits per heavy atom. The molecule has 1 atom stereocenters. The van der Waals surface area contributed by atoms with Crippen molar-refractivity contribution in [2.45, 2.75) is 25.9 Å².